The second kappa shape index (κ2) is 7.40. The number of hydrogen-bond acceptors (Lipinski definition) is 5. The van der Waals surface area contributed by atoms with Gasteiger partial charge in [-0.15, -0.1) is 0 Å². The van der Waals surface area contributed by atoms with Crippen LogP contribution in [0.15, 0.2) is 24.3 Å². The van der Waals surface area contributed by atoms with Gasteiger partial charge in [0.2, 0.25) is 0 Å². The monoisotopic (exact) mass is 437 g/mol. The lowest BCUT2D eigenvalue weighted by molar-refractivity contribution is -0.148. The van der Waals surface area contributed by atoms with Gasteiger partial charge in [-0.3, -0.25) is 9.59 Å². The highest BCUT2D eigenvalue weighted by atomic mass is 127. The van der Waals surface area contributed by atoms with Crippen molar-refractivity contribution in [1.82, 2.24) is 0 Å². The average molecular weight is 437 g/mol. The number of ether oxygens (including phenoxy) is 1. The van der Waals surface area contributed by atoms with Crippen molar-refractivity contribution >= 4 is 50.0 Å². The van der Waals surface area contributed by atoms with E-state index in [-0.39, 0.29) is 30.5 Å². The number of amides is 1. The van der Waals surface area contributed by atoms with Crippen molar-refractivity contribution in [3.05, 3.63) is 27.8 Å². The van der Waals surface area contributed by atoms with Crippen LogP contribution in [0.25, 0.3) is 0 Å². The second-order valence-electron chi connectivity index (χ2n) is 5.19. The van der Waals surface area contributed by atoms with Crippen LogP contribution in [-0.2, 0) is 24.2 Å². The van der Waals surface area contributed by atoms with E-state index >= 15 is 0 Å². The van der Waals surface area contributed by atoms with Crippen LogP contribution >= 0.6 is 22.6 Å². The summed E-state index contributed by atoms with van der Waals surface area (Å²) in [5.41, 5.74) is 0.628. The molecule has 2 rings (SSSR count). The van der Waals surface area contributed by atoms with Crippen LogP contribution in [-0.4, -0.2) is 38.4 Å². The van der Waals surface area contributed by atoms with Gasteiger partial charge in [-0.1, -0.05) is 0 Å². The first-order chi connectivity index (χ1) is 10.3. The van der Waals surface area contributed by atoms with Crippen molar-refractivity contribution < 1.29 is 22.7 Å². The first-order valence-electron chi connectivity index (χ1n) is 6.75. The standard InChI is InChI=1S/C14H16INO5S/c15-11-1-3-12(4-2-11)16-13(17)8-21-14(18)7-10-5-6-22(19,20)9-10/h1-4,10H,5-9H2,(H,16,17). The van der Waals surface area contributed by atoms with Gasteiger partial charge in [0.25, 0.3) is 5.91 Å². The molecule has 120 valence electrons. The van der Waals surface area contributed by atoms with Crippen LogP contribution in [0.3, 0.4) is 0 Å². The summed E-state index contributed by atoms with van der Waals surface area (Å²) in [6, 6.07) is 7.21. The fourth-order valence-corrected chi connectivity index (χ4v) is 4.43. The highest BCUT2D eigenvalue weighted by Gasteiger charge is 2.29. The highest BCUT2D eigenvalue weighted by Crippen LogP contribution is 2.21. The summed E-state index contributed by atoms with van der Waals surface area (Å²) >= 11 is 2.16. The van der Waals surface area contributed by atoms with Gasteiger partial charge in [-0.05, 0) is 59.2 Å². The first-order valence-corrected chi connectivity index (χ1v) is 9.65. The van der Waals surface area contributed by atoms with Crippen molar-refractivity contribution in [3.63, 3.8) is 0 Å². The van der Waals surface area contributed by atoms with Gasteiger partial charge in [-0.2, -0.15) is 0 Å². The van der Waals surface area contributed by atoms with Gasteiger partial charge in [0.15, 0.2) is 16.4 Å². The van der Waals surface area contributed by atoms with Crippen molar-refractivity contribution in [1.29, 1.82) is 0 Å². The Balaban J connectivity index is 1.72. The molecule has 1 aliphatic rings. The fourth-order valence-electron chi connectivity index (χ4n) is 2.20. The van der Waals surface area contributed by atoms with E-state index in [0.717, 1.165) is 3.57 Å². The zero-order valence-electron chi connectivity index (χ0n) is 11.7. The Morgan fingerprint density at radius 1 is 1.27 bits per heavy atom. The molecule has 0 saturated carbocycles. The molecule has 22 heavy (non-hydrogen) atoms. The SMILES string of the molecule is O=C(COC(=O)CC1CCS(=O)(=O)C1)Nc1ccc(I)cc1. The molecule has 8 heteroatoms. The van der Waals surface area contributed by atoms with Crippen LogP contribution < -0.4 is 5.32 Å². The minimum atomic E-state index is -3.00. The van der Waals surface area contributed by atoms with E-state index in [2.05, 4.69) is 27.9 Å². The first kappa shape index (κ1) is 17.2. The van der Waals surface area contributed by atoms with E-state index in [4.69, 9.17) is 4.74 Å². The topological polar surface area (TPSA) is 89.5 Å². The predicted octanol–water partition coefficient (Wildman–Crippen LogP) is 1.60. The van der Waals surface area contributed by atoms with Crippen LogP contribution in [0.1, 0.15) is 12.8 Å². The largest absolute Gasteiger partial charge is 0.456 e. The maximum absolute atomic E-state index is 11.7. The molecule has 0 radical (unpaired) electrons. The number of nitrogens with one attached hydrogen (secondary N) is 1. The Bertz CT molecular complexity index is 656. The number of anilines is 1. The number of hydrogen-bond donors (Lipinski definition) is 1. The van der Waals surface area contributed by atoms with Crippen molar-refractivity contribution in [2.75, 3.05) is 23.4 Å². The molecule has 0 bridgehead atoms. The third-order valence-corrected chi connectivity index (χ3v) is 5.83. The van der Waals surface area contributed by atoms with Crippen molar-refractivity contribution in [2.24, 2.45) is 5.92 Å². The third kappa shape index (κ3) is 5.56. The third-order valence-electron chi connectivity index (χ3n) is 3.27. The molecule has 1 aromatic rings. The maximum Gasteiger partial charge on any atom is 0.306 e. The lowest BCUT2D eigenvalue weighted by Crippen LogP contribution is -2.22. The highest BCUT2D eigenvalue weighted by molar-refractivity contribution is 14.1. The zero-order valence-corrected chi connectivity index (χ0v) is 14.7. The number of esters is 1. The lowest BCUT2D eigenvalue weighted by atomic mass is 10.1. The van der Waals surface area contributed by atoms with Crippen molar-refractivity contribution in [3.8, 4) is 0 Å². The zero-order chi connectivity index (χ0) is 16.2. The van der Waals surface area contributed by atoms with Gasteiger partial charge in [0.05, 0.1) is 11.5 Å². The summed E-state index contributed by atoms with van der Waals surface area (Å²) in [5.74, 6) is -1.01. The van der Waals surface area contributed by atoms with E-state index in [1.807, 2.05) is 12.1 Å². The number of carbonyl (C=O) groups excluding carboxylic acids is 2. The summed E-state index contributed by atoms with van der Waals surface area (Å²) in [5, 5.41) is 2.62. The average Bonchev–Trinajstić information content (AvgIpc) is 2.78. The molecule has 0 spiro atoms. The summed E-state index contributed by atoms with van der Waals surface area (Å²) in [6.07, 6.45) is 0.516. The molecule has 6 nitrogen and oxygen atoms in total. The van der Waals surface area contributed by atoms with Crippen LogP contribution in [0, 0.1) is 9.49 Å². The Morgan fingerprint density at radius 2 is 1.95 bits per heavy atom. The number of rotatable bonds is 5. The Morgan fingerprint density at radius 3 is 2.55 bits per heavy atom. The van der Waals surface area contributed by atoms with E-state index in [0.29, 0.717) is 12.1 Å². The Labute approximate surface area is 142 Å². The molecule has 1 amide bonds. The molecule has 1 N–H and O–H groups in total. The molecular weight excluding hydrogens is 421 g/mol. The summed E-state index contributed by atoms with van der Waals surface area (Å²) < 4.78 is 28.5. The lowest BCUT2D eigenvalue weighted by Gasteiger charge is -2.09. The van der Waals surface area contributed by atoms with Gasteiger partial charge in [0.1, 0.15) is 0 Å². The minimum absolute atomic E-state index is 0.0247. The van der Waals surface area contributed by atoms with E-state index in [1.165, 1.54) is 0 Å². The van der Waals surface area contributed by atoms with Gasteiger partial charge >= 0.3 is 5.97 Å². The van der Waals surface area contributed by atoms with Gasteiger partial charge in [0, 0.05) is 15.7 Å². The molecule has 1 aromatic carbocycles. The number of carbonyl (C=O) groups is 2. The van der Waals surface area contributed by atoms with E-state index < -0.39 is 21.7 Å². The molecule has 0 aliphatic carbocycles. The van der Waals surface area contributed by atoms with Gasteiger partial charge < -0.3 is 10.1 Å². The molecule has 1 unspecified atom stereocenters. The smallest absolute Gasteiger partial charge is 0.306 e. The van der Waals surface area contributed by atoms with Crippen LogP contribution in [0.5, 0.6) is 0 Å². The van der Waals surface area contributed by atoms with Gasteiger partial charge in [-0.25, -0.2) is 8.42 Å². The van der Waals surface area contributed by atoms with E-state index in [9.17, 15) is 18.0 Å². The molecule has 1 aliphatic heterocycles. The van der Waals surface area contributed by atoms with Crippen molar-refractivity contribution in [2.45, 2.75) is 12.8 Å². The summed E-state index contributed by atoms with van der Waals surface area (Å²) in [4.78, 5) is 23.3. The number of sulfone groups is 1. The molecule has 1 fully saturated rings. The molecule has 1 heterocycles. The minimum Gasteiger partial charge on any atom is -0.456 e. The molecule has 0 aromatic heterocycles. The predicted molar refractivity (Wildman–Crippen MR) is 90.1 cm³/mol. The summed E-state index contributed by atoms with van der Waals surface area (Å²) in [6.45, 7) is -0.371. The number of halogens is 1. The van der Waals surface area contributed by atoms with Crippen LogP contribution in [0.2, 0.25) is 0 Å². The Kier molecular flexibility index (Phi) is 5.79. The molecular formula is C14H16INO5S. The molecule has 1 saturated heterocycles. The molecule has 1 atom stereocenters. The fraction of sp³-hybridized carbons (Fsp3) is 0.429. The Hall–Kier alpha value is -1.16. The van der Waals surface area contributed by atoms with E-state index in [1.54, 1.807) is 12.1 Å². The number of benzene rings is 1. The van der Waals surface area contributed by atoms with Crippen LogP contribution in [0.4, 0.5) is 5.69 Å². The second-order valence-corrected chi connectivity index (χ2v) is 8.66. The maximum atomic E-state index is 11.7. The summed E-state index contributed by atoms with van der Waals surface area (Å²) in [7, 11) is -3.00. The quantitative estimate of drug-likeness (QED) is 0.559. The normalized spacial score (nSPS) is 19.6.